The van der Waals surface area contributed by atoms with Crippen LogP contribution in [0.4, 0.5) is 11.8 Å². The predicted octanol–water partition coefficient (Wildman–Crippen LogP) is 3.71. The van der Waals surface area contributed by atoms with Gasteiger partial charge in [-0.25, -0.2) is 9.97 Å². The monoisotopic (exact) mass is 374 g/mol. The van der Waals surface area contributed by atoms with Crippen molar-refractivity contribution in [3.63, 3.8) is 0 Å². The number of nitrogens with one attached hydrogen (secondary N) is 1. The molecule has 1 N–H and O–H groups in total. The Labute approximate surface area is 162 Å². The van der Waals surface area contributed by atoms with Crippen LogP contribution >= 0.6 is 0 Å². The van der Waals surface area contributed by atoms with Crippen molar-refractivity contribution < 1.29 is 0 Å². The van der Waals surface area contributed by atoms with Crippen LogP contribution in [-0.4, -0.2) is 34.3 Å². The molecule has 8 heteroatoms. The fourth-order valence-electron chi connectivity index (χ4n) is 3.90. The van der Waals surface area contributed by atoms with Crippen LogP contribution in [0.3, 0.4) is 0 Å². The first kappa shape index (κ1) is 16.9. The maximum absolute atomic E-state index is 4.64. The van der Waals surface area contributed by atoms with Crippen molar-refractivity contribution in [3.05, 3.63) is 48.7 Å². The van der Waals surface area contributed by atoms with Gasteiger partial charge in [0.2, 0.25) is 5.95 Å². The summed E-state index contributed by atoms with van der Waals surface area (Å²) in [6, 6.07) is 7.89. The summed E-state index contributed by atoms with van der Waals surface area (Å²) in [6.07, 6.45) is 11.9. The summed E-state index contributed by atoms with van der Waals surface area (Å²) in [4.78, 5) is 8.95. The Hall–Kier alpha value is -3.29. The summed E-state index contributed by atoms with van der Waals surface area (Å²) in [6.45, 7) is 0. The summed E-state index contributed by atoms with van der Waals surface area (Å²) in [7, 11) is 1.87. The number of nitrogens with zero attached hydrogens (tertiary/aromatic N) is 7. The van der Waals surface area contributed by atoms with Gasteiger partial charge in [0.15, 0.2) is 5.65 Å². The summed E-state index contributed by atoms with van der Waals surface area (Å²) in [5.41, 5.74) is 2.69. The number of pyridine rings is 1. The van der Waals surface area contributed by atoms with Gasteiger partial charge in [-0.2, -0.15) is 5.10 Å². The Morgan fingerprint density at radius 3 is 2.75 bits per heavy atom. The van der Waals surface area contributed by atoms with E-state index in [0.717, 1.165) is 28.5 Å². The smallest absolute Gasteiger partial charge is 0.228 e. The van der Waals surface area contributed by atoms with Crippen molar-refractivity contribution >= 4 is 17.4 Å². The fourth-order valence-corrected chi connectivity index (χ4v) is 3.90. The molecule has 0 spiro atoms. The van der Waals surface area contributed by atoms with Crippen LogP contribution in [0.1, 0.15) is 43.8 Å². The van der Waals surface area contributed by atoms with Crippen molar-refractivity contribution in [3.8, 4) is 11.3 Å². The molecule has 8 nitrogen and oxygen atoms in total. The van der Waals surface area contributed by atoms with Gasteiger partial charge in [-0.15, -0.1) is 10.2 Å². The zero-order valence-corrected chi connectivity index (χ0v) is 15.8. The molecule has 142 valence electrons. The van der Waals surface area contributed by atoms with Crippen molar-refractivity contribution in [2.75, 3.05) is 5.32 Å². The lowest BCUT2D eigenvalue weighted by Gasteiger charge is -2.19. The van der Waals surface area contributed by atoms with Gasteiger partial charge in [-0.05, 0) is 31.0 Å². The first-order valence-electron chi connectivity index (χ1n) is 9.71. The van der Waals surface area contributed by atoms with Crippen LogP contribution in [0, 0.1) is 0 Å². The van der Waals surface area contributed by atoms with E-state index < -0.39 is 0 Å². The van der Waals surface area contributed by atoms with Gasteiger partial charge < -0.3 is 5.32 Å². The molecule has 0 bridgehead atoms. The maximum atomic E-state index is 4.64. The van der Waals surface area contributed by atoms with Crippen molar-refractivity contribution in [2.24, 2.45) is 7.05 Å². The molecule has 1 aliphatic carbocycles. The molecule has 0 unspecified atom stereocenters. The second-order valence-electron chi connectivity index (χ2n) is 7.27. The molecule has 1 saturated carbocycles. The number of rotatable bonds is 4. The molecule has 0 amide bonds. The summed E-state index contributed by atoms with van der Waals surface area (Å²) in [5.74, 6) is 2.97. The topological polar surface area (TPSA) is 85.8 Å². The normalized spacial score (nSPS) is 15.2. The minimum atomic E-state index is 0.517. The lowest BCUT2D eigenvalue weighted by molar-refractivity contribution is 0.426. The van der Waals surface area contributed by atoms with E-state index in [1.165, 1.54) is 32.1 Å². The second kappa shape index (κ2) is 7.03. The number of hydrogen-bond acceptors (Lipinski definition) is 6. The van der Waals surface area contributed by atoms with E-state index in [2.05, 4.69) is 47.2 Å². The molecule has 0 aliphatic heterocycles. The molecule has 0 aromatic carbocycles. The molecule has 28 heavy (non-hydrogen) atoms. The first-order valence-corrected chi connectivity index (χ1v) is 9.71. The average Bonchev–Trinajstić information content (AvgIpc) is 3.34. The standard InChI is InChI=1S/C20H22N8/c1-27-17(8-11-22-27)24-20-21-10-7-16(23-20)15-9-12-28-18(13-15)25-26-19(28)14-5-3-2-4-6-14/h7-14H,2-6H2,1H3,(H,21,23,24). The molecule has 0 atom stereocenters. The molecule has 0 saturated heterocycles. The van der Waals surface area contributed by atoms with Gasteiger partial charge in [-0.3, -0.25) is 9.08 Å². The van der Waals surface area contributed by atoms with Crippen LogP contribution in [0.5, 0.6) is 0 Å². The van der Waals surface area contributed by atoms with Crippen molar-refractivity contribution in [1.29, 1.82) is 0 Å². The number of anilines is 2. The van der Waals surface area contributed by atoms with E-state index in [1.54, 1.807) is 17.1 Å². The highest BCUT2D eigenvalue weighted by Crippen LogP contribution is 2.32. The highest BCUT2D eigenvalue weighted by molar-refractivity contribution is 5.65. The van der Waals surface area contributed by atoms with E-state index in [0.29, 0.717) is 11.9 Å². The van der Waals surface area contributed by atoms with Gasteiger partial charge in [0.1, 0.15) is 11.6 Å². The molecule has 5 rings (SSSR count). The zero-order chi connectivity index (χ0) is 18.9. The lowest BCUT2D eigenvalue weighted by Crippen LogP contribution is -2.08. The zero-order valence-electron chi connectivity index (χ0n) is 15.8. The van der Waals surface area contributed by atoms with Crippen LogP contribution in [0.15, 0.2) is 42.9 Å². The van der Waals surface area contributed by atoms with Crippen LogP contribution in [0.25, 0.3) is 16.9 Å². The molecule has 1 aliphatic rings. The van der Waals surface area contributed by atoms with Crippen molar-refractivity contribution in [2.45, 2.75) is 38.0 Å². The van der Waals surface area contributed by atoms with E-state index >= 15 is 0 Å². The van der Waals surface area contributed by atoms with E-state index in [-0.39, 0.29) is 0 Å². The third kappa shape index (κ3) is 3.11. The largest absolute Gasteiger partial charge is 0.309 e. The Balaban J connectivity index is 1.45. The summed E-state index contributed by atoms with van der Waals surface area (Å²) < 4.78 is 3.86. The second-order valence-corrected chi connectivity index (χ2v) is 7.27. The van der Waals surface area contributed by atoms with Crippen LogP contribution < -0.4 is 5.32 Å². The number of fused-ring (bicyclic) bond motifs is 1. The lowest BCUT2D eigenvalue weighted by atomic mass is 9.89. The molecule has 4 aromatic heterocycles. The van der Waals surface area contributed by atoms with Crippen LogP contribution in [-0.2, 0) is 7.05 Å². The van der Waals surface area contributed by atoms with Gasteiger partial charge in [0.05, 0.1) is 11.9 Å². The van der Waals surface area contributed by atoms with Gasteiger partial charge in [0, 0.05) is 37.0 Å². The quantitative estimate of drug-likeness (QED) is 0.586. The Kier molecular flexibility index (Phi) is 4.23. The molecule has 1 fully saturated rings. The fraction of sp³-hybridized carbons (Fsp3) is 0.350. The van der Waals surface area contributed by atoms with Crippen molar-refractivity contribution in [1.82, 2.24) is 34.3 Å². The molecule has 0 radical (unpaired) electrons. The first-order chi connectivity index (χ1) is 13.8. The molecular formula is C20H22N8. The van der Waals surface area contributed by atoms with E-state index in [9.17, 15) is 0 Å². The van der Waals surface area contributed by atoms with Gasteiger partial charge in [-0.1, -0.05) is 19.3 Å². The maximum Gasteiger partial charge on any atom is 0.228 e. The SMILES string of the molecule is Cn1nccc1Nc1nccc(-c2ccn3c(C4CCCCC4)nnc3c2)n1. The highest BCUT2D eigenvalue weighted by Gasteiger charge is 2.21. The highest BCUT2D eigenvalue weighted by atomic mass is 15.3. The third-order valence-corrected chi connectivity index (χ3v) is 5.42. The van der Waals surface area contributed by atoms with Crippen LogP contribution in [0.2, 0.25) is 0 Å². The average molecular weight is 374 g/mol. The van der Waals surface area contributed by atoms with Gasteiger partial charge in [0.25, 0.3) is 0 Å². The minimum absolute atomic E-state index is 0.517. The Bertz CT molecular complexity index is 1110. The minimum Gasteiger partial charge on any atom is -0.309 e. The Morgan fingerprint density at radius 1 is 1.04 bits per heavy atom. The predicted molar refractivity (Wildman–Crippen MR) is 106 cm³/mol. The summed E-state index contributed by atoms with van der Waals surface area (Å²) in [5, 5.41) is 16.2. The number of aromatic nitrogens is 7. The molecule has 4 aromatic rings. The number of aryl methyl sites for hydroxylation is 1. The summed E-state index contributed by atoms with van der Waals surface area (Å²) >= 11 is 0. The third-order valence-electron chi connectivity index (χ3n) is 5.42. The molecular weight excluding hydrogens is 352 g/mol. The van der Waals surface area contributed by atoms with E-state index in [1.807, 2.05) is 25.2 Å². The van der Waals surface area contributed by atoms with E-state index in [4.69, 9.17) is 0 Å². The Morgan fingerprint density at radius 2 is 1.93 bits per heavy atom. The number of hydrogen-bond donors (Lipinski definition) is 1. The van der Waals surface area contributed by atoms with Gasteiger partial charge >= 0.3 is 0 Å². The molecule has 4 heterocycles.